The molecule has 0 amide bonds. The van der Waals surface area contributed by atoms with E-state index < -0.39 is 0 Å². The summed E-state index contributed by atoms with van der Waals surface area (Å²) >= 11 is 0. The molecule has 0 aliphatic carbocycles. The summed E-state index contributed by atoms with van der Waals surface area (Å²) in [6.45, 7) is 6.87. The molecule has 1 unspecified atom stereocenters. The lowest BCUT2D eigenvalue weighted by Gasteiger charge is -2.10. The van der Waals surface area contributed by atoms with Crippen LogP contribution in [0.5, 0.6) is 0 Å². The van der Waals surface area contributed by atoms with Crippen molar-refractivity contribution in [3.8, 4) is 0 Å². The van der Waals surface area contributed by atoms with Crippen LogP contribution < -0.4 is 5.73 Å². The van der Waals surface area contributed by atoms with Gasteiger partial charge >= 0.3 is 0 Å². The number of benzene rings is 1. The predicted molar refractivity (Wildman–Crippen MR) is 65.7 cm³/mol. The van der Waals surface area contributed by atoms with Crippen molar-refractivity contribution in [2.75, 3.05) is 6.54 Å². The van der Waals surface area contributed by atoms with E-state index >= 15 is 0 Å². The van der Waals surface area contributed by atoms with E-state index in [0.29, 0.717) is 6.54 Å². The van der Waals surface area contributed by atoms with Crippen LogP contribution in [0.2, 0.25) is 0 Å². The van der Waals surface area contributed by atoms with Gasteiger partial charge in [0.1, 0.15) is 6.10 Å². The summed E-state index contributed by atoms with van der Waals surface area (Å²) in [7, 11) is 0. The van der Waals surface area contributed by atoms with Crippen LogP contribution in [0, 0.1) is 20.8 Å². The monoisotopic (exact) mass is 218 g/mol. The van der Waals surface area contributed by atoms with Crippen molar-refractivity contribution in [2.45, 2.75) is 33.3 Å². The fraction of sp³-hybridized carbons (Fsp3) is 0.462. The molecule has 1 heterocycles. The number of aryl methyl sites for hydroxylation is 3. The van der Waals surface area contributed by atoms with Crippen LogP contribution in [0.3, 0.4) is 0 Å². The van der Waals surface area contributed by atoms with Crippen LogP contribution in [0.15, 0.2) is 17.3 Å². The van der Waals surface area contributed by atoms with Crippen LogP contribution in [-0.2, 0) is 4.84 Å². The lowest BCUT2D eigenvalue weighted by atomic mass is 9.94. The van der Waals surface area contributed by atoms with Gasteiger partial charge in [-0.3, -0.25) is 0 Å². The van der Waals surface area contributed by atoms with Gasteiger partial charge in [0.15, 0.2) is 0 Å². The van der Waals surface area contributed by atoms with E-state index in [1.165, 1.54) is 22.3 Å². The largest absolute Gasteiger partial charge is 0.390 e. The molecule has 1 atom stereocenters. The summed E-state index contributed by atoms with van der Waals surface area (Å²) in [5, 5.41) is 4.15. The topological polar surface area (TPSA) is 47.6 Å². The first-order valence-electron chi connectivity index (χ1n) is 5.62. The van der Waals surface area contributed by atoms with E-state index in [-0.39, 0.29) is 6.10 Å². The molecule has 2 rings (SSSR count). The van der Waals surface area contributed by atoms with E-state index in [1.54, 1.807) is 0 Å². The Morgan fingerprint density at radius 3 is 2.44 bits per heavy atom. The molecule has 0 saturated heterocycles. The summed E-state index contributed by atoms with van der Waals surface area (Å²) < 4.78 is 0. The third-order valence-electron chi connectivity index (χ3n) is 2.96. The molecule has 0 bridgehead atoms. The molecule has 16 heavy (non-hydrogen) atoms. The third kappa shape index (κ3) is 1.95. The molecule has 0 spiro atoms. The van der Waals surface area contributed by atoms with Crippen LogP contribution >= 0.6 is 0 Å². The molecular formula is C13H18N2O. The molecule has 1 aromatic rings. The van der Waals surface area contributed by atoms with Gasteiger partial charge in [0.05, 0.1) is 5.71 Å². The predicted octanol–water partition coefficient (Wildman–Crippen LogP) is 2.06. The van der Waals surface area contributed by atoms with Crippen LogP contribution in [0.25, 0.3) is 0 Å². The zero-order chi connectivity index (χ0) is 11.7. The summed E-state index contributed by atoms with van der Waals surface area (Å²) in [6.07, 6.45) is 0.872. The molecule has 1 aliphatic rings. The lowest BCUT2D eigenvalue weighted by Crippen LogP contribution is -2.20. The fourth-order valence-electron chi connectivity index (χ4n) is 2.34. The molecule has 3 nitrogen and oxygen atoms in total. The maximum Gasteiger partial charge on any atom is 0.145 e. The minimum Gasteiger partial charge on any atom is -0.390 e. The Bertz CT molecular complexity index is 415. The van der Waals surface area contributed by atoms with E-state index in [4.69, 9.17) is 10.6 Å². The van der Waals surface area contributed by atoms with Crippen molar-refractivity contribution in [2.24, 2.45) is 10.9 Å². The third-order valence-corrected chi connectivity index (χ3v) is 2.96. The van der Waals surface area contributed by atoms with Gasteiger partial charge in [-0.25, -0.2) is 0 Å². The second-order valence-corrected chi connectivity index (χ2v) is 4.48. The van der Waals surface area contributed by atoms with Gasteiger partial charge < -0.3 is 10.6 Å². The minimum atomic E-state index is 0.0510. The highest BCUT2D eigenvalue weighted by Crippen LogP contribution is 2.23. The average Bonchev–Trinajstić information content (AvgIpc) is 2.64. The van der Waals surface area contributed by atoms with Crippen molar-refractivity contribution in [3.63, 3.8) is 0 Å². The van der Waals surface area contributed by atoms with E-state index in [0.717, 1.165) is 12.1 Å². The van der Waals surface area contributed by atoms with Gasteiger partial charge in [-0.15, -0.1) is 0 Å². The van der Waals surface area contributed by atoms with Crippen molar-refractivity contribution in [3.05, 3.63) is 34.4 Å². The Hall–Kier alpha value is -1.35. The van der Waals surface area contributed by atoms with Crippen LogP contribution in [0.1, 0.15) is 28.7 Å². The highest BCUT2D eigenvalue weighted by molar-refractivity contribution is 6.03. The summed E-state index contributed by atoms with van der Waals surface area (Å²) in [5.41, 5.74) is 11.6. The average molecular weight is 218 g/mol. The zero-order valence-corrected chi connectivity index (χ0v) is 10.1. The lowest BCUT2D eigenvalue weighted by molar-refractivity contribution is 0.0918. The Morgan fingerprint density at radius 1 is 1.31 bits per heavy atom. The number of nitrogens with zero attached hydrogens (tertiary/aromatic N) is 1. The van der Waals surface area contributed by atoms with E-state index in [1.807, 2.05) is 0 Å². The SMILES string of the molecule is Cc1cc(C)c(C2=NOC(CN)C2)c(C)c1. The summed E-state index contributed by atoms with van der Waals surface area (Å²) in [5.74, 6) is 0. The van der Waals surface area contributed by atoms with Gasteiger partial charge in [0.2, 0.25) is 0 Å². The maximum absolute atomic E-state index is 5.58. The standard InChI is InChI=1S/C13H18N2O/c1-8-4-9(2)13(10(3)5-8)12-6-11(7-14)16-15-12/h4-5,11H,6-7,14H2,1-3H3. The maximum atomic E-state index is 5.58. The fourth-order valence-corrected chi connectivity index (χ4v) is 2.34. The zero-order valence-electron chi connectivity index (χ0n) is 10.1. The molecule has 0 radical (unpaired) electrons. The Kier molecular flexibility index (Phi) is 2.97. The molecule has 0 saturated carbocycles. The quantitative estimate of drug-likeness (QED) is 0.826. The second-order valence-electron chi connectivity index (χ2n) is 4.48. The Labute approximate surface area is 96.3 Å². The van der Waals surface area contributed by atoms with E-state index in [9.17, 15) is 0 Å². The molecule has 86 valence electrons. The highest BCUT2D eigenvalue weighted by atomic mass is 16.6. The molecular weight excluding hydrogens is 200 g/mol. The number of nitrogens with two attached hydrogens (primary N) is 1. The van der Waals surface area contributed by atoms with Crippen LogP contribution in [0.4, 0.5) is 0 Å². The van der Waals surface area contributed by atoms with Gasteiger partial charge in [-0.1, -0.05) is 22.9 Å². The summed E-state index contributed by atoms with van der Waals surface area (Å²) in [4.78, 5) is 5.27. The van der Waals surface area contributed by atoms with Gasteiger partial charge in [0.25, 0.3) is 0 Å². The van der Waals surface area contributed by atoms with Gasteiger partial charge in [-0.05, 0) is 31.9 Å². The first-order chi connectivity index (χ1) is 7.61. The minimum absolute atomic E-state index is 0.0510. The smallest absolute Gasteiger partial charge is 0.145 e. The van der Waals surface area contributed by atoms with Crippen molar-refractivity contribution in [1.29, 1.82) is 0 Å². The normalized spacial score (nSPS) is 19.5. The molecule has 2 N–H and O–H groups in total. The molecule has 1 aliphatic heterocycles. The highest BCUT2D eigenvalue weighted by Gasteiger charge is 2.22. The Morgan fingerprint density at radius 2 is 1.94 bits per heavy atom. The van der Waals surface area contributed by atoms with Gasteiger partial charge in [0, 0.05) is 18.5 Å². The number of hydrogen-bond donors (Lipinski definition) is 1. The first-order valence-corrected chi connectivity index (χ1v) is 5.62. The number of hydrogen-bond acceptors (Lipinski definition) is 3. The number of rotatable bonds is 2. The van der Waals surface area contributed by atoms with Gasteiger partial charge in [-0.2, -0.15) is 0 Å². The second kappa shape index (κ2) is 4.26. The number of oxime groups is 1. The van der Waals surface area contributed by atoms with Crippen molar-refractivity contribution in [1.82, 2.24) is 0 Å². The molecule has 0 aromatic heterocycles. The molecule has 3 heteroatoms. The Balaban J connectivity index is 2.35. The van der Waals surface area contributed by atoms with Crippen LogP contribution in [-0.4, -0.2) is 18.4 Å². The van der Waals surface area contributed by atoms with Crippen molar-refractivity contribution >= 4 is 5.71 Å². The van der Waals surface area contributed by atoms with Crippen molar-refractivity contribution < 1.29 is 4.84 Å². The summed E-state index contributed by atoms with van der Waals surface area (Å²) in [6, 6.07) is 4.36. The molecule has 0 fully saturated rings. The van der Waals surface area contributed by atoms with E-state index in [2.05, 4.69) is 38.1 Å². The molecule has 1 aromatic carbocycles. The first kappa shape index (κ1) is 11.1.